The lowest BCUT2D eigenvalue weighted by molar-refractivity contribution is 0.103. The molecular formula is C17H12BrN3O2. The van der Waals surface area contributed by atoms with Crippen molar-refractivity contribution in [1.29, 1.82) is 5.26 Å². The lowest BCUT2D eigenvalue weighted by Gasteiger charge is -2.06. The summed E-state index contributed by atoms with van der Waals surface area (Å²) in [7, 11) is 0. The van der Waals surface area contributed by atoms with Gasteiger partial charge >= 0.3 is 0 Å². The van der Waals surface area contributed by atoms with Crippen LogP contribution in [0.4, 0.5) is 0 Å². The predicted molar refractivity (Wildman–Crippen MR) is 88.5 cm³/mol. The number of aromatic nitrogens is 2. The van der Waals surface area contributed by atoms with Gasteiger partial charge in [-0.3, -0.25) is 9.20 Å². The fourth-order valence-corrected chi connectivity index (χ4v) is 2.94. The standard InChI is InChI=1S/C17H12BrN3O2/c1-2-13-15(21-6-4-3-5-14(21)20-13)17(23)10-7-11(9-19)16(22)12(18)8-10/h3-8,22H,2H2,1H3. The average molecular weight is 370 g/mol. The number of ketones is 1. The van der Waals surface area contributed by atoms with Crippen LogP contribution >= 0.6 is 15.9 Å². The van der Waals surface area contributed by atoms with E-state index >= 15 is 0 Å². The van der Waals surface area contributed by atoms with Crippen LogP contribution in [0.3, 0.4) is 0 Å². The average Bonchev–Trinajstić information content (AvgIpc) is 2.95. The molecule has 114 valence electrons. The molecule has 1 N–H and O–H groups in total. The number of phenolic OH excluding ortho intramolecular Hbond substituents is 1. The minimum Gasteiger partial charge on any atom is -0.505 e. The summed E-state index contributed by atoms with van der Waals surface area (Å²) in [6.45, 7) is 1.94. The van der Waals surface area contributed by atoms with Gasteiger partial charge in [0.1, 0.15) is 23.2 Å². The van der Waals surface area contributed by atoms with Gasteiger partial charge in [-0.2, -0.15) is 5.26 Å². The van der Waals surface area contributed by atoms with E-state index in [0.29, 0.717) is 33.5 Å². The molecule has 0 bridgehead atoms. The van der Waals surface area contributed by atoms with E-state index in [1.54, 1.807) is 10.6 Å². The summed E-state index contributed by atoms with van der Waals surface area (Å²) < 4.78 is 2.06. The Hall–Kier alpha value is -2.65. The molecule has 2 aromatic heterocycles. The molecule has 3 aromatic rings. The molecule has 0 fully saturated rings. The van der Waals surface area contributed by atoms with Gasteiger partial charge in [-0.15, -0.1) is 0 Å². The van der Waals surface area contributed by atoms with Crippen LogP contribution in [-0.2, 0) is 6.42 Å². The van der Waals surface area contributed by atoms with Gasteiger partial charge in [0.25, 0.3) is 0 Å². The second kappa shape index (κ2) is 5.86. The maximum atomic E-state index is 13.0. The zero-order chi connectivity index (χ0) is 16.6. The van der Waals surface area contributed by atoms with Crippen LogP contribution in [0.15, 0.2) is 41.0 Å². The van der Waals surface area contributed by atoms with Gasteiger partial charge in [0, 0.05) is 11.8 Å². The predicted octanol–water partition coefficient (Wildman–Crippen LogP) is 3.47. The second-order valence-corrected chi connectivity index (χ2v) is 5.84. The van der Waals surface area contributed by atoms with Crippen molar-refractivity contribution < 1.29 is 9.90 Å². The number of imidazole rings is 1. The Morgan fingerprint density at radius 1 is 1.43 bits per heavy atom. The summed E-state index contributed by atoms with van der Waals surface area (Å²) in [5.74, 6) is -0.407. The number of rotatable bonds is 3. The first-order valence-electron chi connectivity index (χ1n) is 7.00. The highest BCUT2D eigenvalue weighted by atomic mass is 79.9. The summed E-state index contributed by atoms with van der Waals surface area (Å²) in [6, 6.07) is 10.3. The Morgan fingerprint density at radius 3 is 2.91 bits per heavy atom. The maximum absolute atomic E-state index is 13.0. The van der Waals surface area contributed by atoms with E-state index in [0.717, 1.165) is 0 Å². The highest BCUT2D eigenvalue weighted by Gasteiger charge is 2.21. The van der Waals surface area contributed by atoms with Crippen LogP contribution in [0.2, 0.25) is 0 Å². The highest BCUT2D eigenvalue weighted by molar-refractivity contribution is 9.10. The molecule has 1 aromatic carbocycles. The van der Waals surface area contributed by atoms with Crippen molar-refractivity contribution in [1.82, 2.24) is 9.38 Å². The Kier molecular flexibility index (Phi) is 3.89. The second-order valence-electron chi connectivity index (χ2n) is 4.98. The summed E-state index contributed by atoms with van der Waals surface area (Å²) in [5.41, 5.74) is 2.25. The lowest BCUT2D eigenvalue weighted by atomic mass is 10.0. The smallest absolute Gasteiger partial charge is 0.211 e. The first-order valence-corrected chi connectivity index (χ1v) is 7.79. The molecule has 6 heteroatoms. The lowest BCUT2D eigenvalue weighted by Crippen LogP contribution is -2.08. The SMILES string of the molecule is CCc1nc2ccccn2c1C(=O)c1cc(Br)c(O)c(C#N)c1. The fraction of sp³-hybridized carbons (Fsp3) is 0.118. The number of fused-ring (bicyclic) bond motifs is 1. The van der Waals surface area contributed by atoms with Crippen LogP contribution in [0.25, 0.3) is 5.65 Å². The van der Waals surface area contributed by atoms with Gasteiger partial charge in [0.2, 0.25) is 5.78 Å². The summed E-state index contributed by atoms with van der Waals surface area (Å²) >= 11 is 3.18. The number of nitriles is 1. The minimum atomic E-state index is -0.238. The number of carbonyl (C=O) groups is 1. The number of aromatic hydroxyl groups is 1. The molecule has 0 unspecified atom stereocenters. The molecule has 5 nitrogen and oxygen atoms in total. The van der Waals surface area contributed by atoms with Crippen LogP contribution < -0.4 is 0 Å². The van der Waals surface area contributed by atoms with Gasteiger partial charge in [-0.25, -0.2) is 4.98 Å². The third-order valence-electron chi connectivity index (χ3n) is 3.60. The normalized spacial score (nSPS) is 10.7. The number of aryl methyl sites for hydroxylation is 1. The molecule has 0 saturated heterocycles. The van der Waals surface area contributed by atoms with E-state index < -0.39 is 0 Å². The summed E-state index contributed by atoms with van der Waals surface area (Å²) in [4.78, 5) is 17.4. The van der Waals surface area contributed by atoms with E-state index in [1.807, 2.05) is 31.2 Å². The molecule has 0 amide bonds. The van der Waals surface area contributed by atoms with E-state index in [-0.39, 0.29) is 17.1 Å². The van der Waals surface area contributed by atoms with Crippen molar-refractivity contribution in [3.63, 3.8) is 0 Å². The molecule has 23 heavy (non-hydrogen) atoms. The molecular weight excluding hydrogens is 358 g/mol. The number of halogens is 1. The van der Waals surface area contributed by atoms with Crippen LogP contribution in [-0.4, -0.2) is 20.3 Å². The Balaban J connectivity index is 2.22. The largest absolute Gasteiger partial charge is 0.505 e. The highest BCUT2D eigenvalue weighted by Crippen LogP contribution is 2.30. The van der Waals surface area contributed by atoms with Crippen LogP contribution in [0.1, 0.15) is 34.2 Å². The van der Waals surface area contributed by atoms with E-state index in [4.69, 9.17) is 5.26 Å². The first kappa shape index (κ1) is 15.3. The molecule has 0 aliphatic heterocycles. The number of hydrogen-bond donors (Lipinski definition) is 1. The maximum Gasteiger partial charge on any atom is 0.211 e. The van der Waals surface area contributed by atoms with Gasteiger partial charge in [-0.05, 0) is 46.6 Å². The topological polar surface area (TPSA) is 78.4 Å². The number of hydrogen-bond acceptors (Lipinski definition) is 4. The zero-order valence-electron chi connectivity index (χ0n) is 12.2. The summed E-state index contributed by atoms with van der Waals surface area (Å²) in [5, 5.41) is 18.9. The summed E-state index contributed by atoms with van der Waals surface area (Å²) in [6.07, 6.45) is 2.41. The molecule has 0 atom stereocenters. The van der Waals surface area contributed by atoms with Crippen LogP contribution in [0, 0.1) is 11.3 Å². The quantitative estimate of drug-likeness (QED) is 0.716. The molecule has 2 heterocycles. The van der Waals surface area contributed by atoms with E-state index in [9.17, 15) is 9.90 Å². The van der Waals surface area contributed by atoms with Gasteiger partial charge < -0.3 is 5.11 Å². The van der Waals surface area contributed by atoms with Gasteiger partial charge in [-0.1, -0.05) is 13.0 Å². The van der Waals surface area contributed by atoms with E-state index in [1.165, 1.54) is 12.1 Å². The number of benzene rings is 1. The van der Waals surface area contributed by atoms with Gasteiger partial charge in [0.15, 0.2) is 0 Å². The Morgan fingerprint density at radius 2 is 2.22 bits per heavy atom. The van der Waals surface area contributed by atoms with Crippen molar-refractivity contribution >= 4 is 27.4 Å². The van der Waals surface area contributed by atoms with Crippen molar-refractivity contribution in [2.24, 2.45) is 0 Å². The zero-order valence-corrected chi connectivity index (χ0v) is 13.8. The van der Waals surface area contributed by atoms with Gasteiger partial charge in [0.05, 0.1) is 15.7 Å². The minimum absolute atomic E-state index is 0.0506. The monoisotopic (exact) mass is 369 g/mol. The molecule has 0 aliphatic carbocycles. The molecule has 0 spiro atoms. The fourth-order valence-electron chi connectivity index (χ4n) is 2.48. The third kappa shape index (κ3) is 2.49. The number of phenols is 1. The Labute approximate surface area is 141 Å². The number of carbonyl (C=O) groups excluding carboxylic acids is 1. The van der Waals surface area contributed by atoms with Crippen molar-refractivity contribution in [3.05, 3.63) is 63.5 Å². The first-order chi connectivity index (χ1) is 11.1. The molecule has 0 radical (unpaired) electrons. The number of nitrogens with zero attached hydrogens (tertiary/aromatic N) is 3. The Bertz CT molecular complexity index is 970. The van der Waals surface area contributed by atoms with Crippen molar-refractivity contribution in [2.75, 3.05) is 0 Å². The third-order valence-corrected chi connectivity index (χ3v) is 4.20. The molecule has 0 saturated carbocycles. The molecule has 0 aliphatic rings. The van der Waals surface area contributed by atoms with Crippen molar-refractivity contribution in [3.8, 4) is 11.8 Å². The van der Waals surface area contributed by atoms with Crippen molar-refractivity contribution in [2.45, 2.75) is 13.3 Å². The molecule has 3 rings (SSSR count). The number of pyridine rings is 1. The van der Waals surface area contributed by atoms with Crippen LogP contribution in [0.5, 0.6) is 5.75 Å². The van der Waals surface area contributed by atoms with E-state index in [2.05, 4.69) is 20.9 Å².